The summed E-state index contributed by atoms with van der Waals surface area (Å²) in [5.74, 6) is -0.586. The molecule has 0 aliphatic heterocycles. The summed E-state index contributed by atoms with van der Waals surface area (Å²) in [7, 11) is 0. The molecule has 0 aliphatic carbocycles. The Kier molecular flexibility index (Phi) is 2.53. The van der Waals surface area contributed by atoms with Gasteiger partial charge in [0.1, 0.15) is 0 Å². The Morgan fingerprint density at radius 2 is 2.42 bits per heavy atom. The first kappa shape index (κ1) is 8.39. The standard InChI is InChI=1S/C8H8N2O2/c1-6-4-5-9-7(10-6)2-3-8(11)12/h2-5H,1H3,(H,11,12). The minimum absolute atomic E-state index is 0.414. The number of hydrogen-bond donors (Lipinski definition) is 1. The molecule has 0 bridgehead atoms. The molecule has 0 unspecified atom stereocenters. The van der Waals surface area contributed by atoms with E-state index in [1.807, 2.05) is 6.92 Å². The van der Waals surface area contributed by atoms with E-state index in [2.05, 4.69) is 9.97 Å². The second-order valence-electron chi connectivity index (χ2n) is 2.23. The molecule has 0 saturated heterocycles. The minimum atomic E-state index is -1.000. The molecule has 0 amide bonds. The van der Waals surface area contributed by atoms with Crippen molar-refractivity contribution in [2.24, 2.45) is 0 Å². The lowest BCUT2D eigenvalue weighted by Crippen LogP contribution is -1.91. The molecule has 0 aliphatic rings. The van der Waals surface area contributed by atoms with Gasteiger partial charge in [-0.05, 0) is 19.1 Å². The molecule has 4 nitrogen and oxygen atoms in total. The predicted molar refractivity (Wildman–Crippen MR) is 43.4 cm³/mol. The van der Waals surface area contributed by atoms with Crippen LogP contribution in [0.4, 0.5) is 0 Å². The monoisotopic (exact) mass is 164 g/mol. The quantitative estimate of drug-likeness (QED) is 0.659. The fourth-order valence-corrected chi connectivity index (χ4v) is 0.694. The molecule has 62 valence electrons. The molecule has 1 heterocycles. The second kappa shape index (κ2) is 3.61. The van der Waals surface area contributed by atoms with Crippen LogP contribution in [0.1, 0.15) is 11.5 Å². The van der Waals surface area contributed by atoms with E-state index in [-0.39, 0.29) is 0 Å². The lowest BCUT2D eigenvalue weighted by Gasteiger charge is -1.91. The number of hydrogen-bond acceptors (Lipinski definition) is 3. The summed E-state index contributed by atoms with van der Waals surface area (Å²) in [5, 5.41) is 8.30. The van der Waals surface area contributed by atoms with E-state index in [4.69, 9.17) is 5.11 Å². The summed E-state index contributed by atoms with van der Waals surface area (Å²) in [4.78, 5) is 17.9. The Morgan fingerprint density at radius 1 is 1.67 bits per heavy atom. The third-order valence-electron chi connectivity index (χ3n) is 1.19. The van der Waals surface area contributed by atoms with Crippen LogP contribution < -0.4 is 0 Å². The van der Waals surface area contributed by atoms with Gasteiger partial charge >= 0.3 is 5.97 Å². The Balaban J connectivity index is 2.83. The number of aliphatic carboxylic acids is 1. The van der Waals surface area contributed by atoms with Crippen molar-refractivity contribution in [1.82, 2.24) is 9.97 Å². The molecule has 0 fully saturated rings. The molecular formula is C8H8N2O2. The van der Waals surface area contributed by atoms with Gasteiger partial charge in [0, 0.05) is 18.0 Å². The van der Waals surface area contributed by atoms with Crippen LogP contribution in [0.3, 0.4) is 0 Å². The molecule has 12 heavy (non-hydrogen) atoms. The van der Waals surface area contributed by atoms with Gasteiger partial charge in [0.15, 0.2) is 5.82 Å². The van der Waals surface area contributed by atoms with Crippen LogP contribution in [-0.2, 0) is 4.79 Å². The van der Waals surface area contributed by atoms with Crippen LogP contribution in [0.2, 0.25) is 0 Å². The maximum absolute atomic E-state index is 10.1. The summed E-state index contributed by atoms with van der Waals surface area (Å²) in [6.45, 7) is 1.82. The van der Waals surface area contributed by atoms with Crippen LogP contribution in [0, 0.1) is 6.92 Å². The minimum Gasteiger partial charge on any atom is -0.478 e. The molecule has 1 aromatic rings. The van der Waals surface area contributed by atoms with Gasteiger partial charge < -0.3 is 5.11 Å². The van der Waals surface area contributed by atoms with Crippen molar-refractivity contribution >= 4 is 12.0 Å². The lowest BCUT2D eigenvalue weighted by atomic mass is 10.4. The Morgan fingerprint density at radius 3 is 3.00 bits per heavy atom. The summed E-state index contributed by atoms with van der Waals surface area (Å²) < 4.78 is 0. The maximum atomic E-state index is 10.1. The van der Waals surface area contributed by atoms with E-state index in [0.717, 1.165) is 11.8 Å². The van der Waals surface area contributed by atoms with Gasteiger partial charge in [-0.25, -0.2) is 14.8 Å². The average Bonchev–Trinajstić information content (AvgIpc) is 2.01. The topological polar surface area (TPSA) is 63.1 Å². The van der Waals surface area contributed by atoms with Crippen molar-refractivity contribution in [2.45, 2.75) is 6.92 Å². The van der Waals surface area contributed by atoms with Crippen LogP contribution in [0.5, 0.6) is 0 Å². The number of aryl methyl sites for hydroxylation is 1. The van der Waals surface area contributed by atoms with Crippen molar-refractivity contribution in [3.63, 3.8) is 0 Å². The molecule has 0 saturated carbocycles. The highest BCUT2D eigenvalue weighted by Gasteiger charge is 1.91. The first-order valence-corrected chi connectivity index (χ1v) is 3.39. The van der Waals surface area contributed by atoms with Crippen LogP contribution in [-0.4, -0.2) is 21.0 Å². The number of nitrogens with zero attached hydrogens (tertiary/aromatic N) is 2. The summed E-state index contributed by atoms with van der Waals surface area (Å²) in [6, 6.07) is 1.75. The number of aromatic nitrogens is 2. The molecule has 0 spiro atoms. The first-order chi connectivity index (χ1) is 5.68. The molecule has 0 radical (unpaired) electrons. The van der Waals surface area contributed by atoms with Crippen molar-refractivity contribution in [2.75, 3.05) is 0 Å². The first-order valence-electron chi connectivity index (χ1n) is 3.39. The second-order valence-corrected chi connectivity index (χ2v) is 2.23. The maximum Gasteiger partial charge on any atom is 0.328 e. The predicted octanol–water partition coefficient (Wildman–Crippen LogP) is 0.883. The smallest absolute Gasteiger partial charge is 0.328 e. The lowest BCUT2D eigenvalue weighted by molar-refractivity contribution is -0.131. The normalized spacial score (nSPS) is 10.4. The van der Waals surface area contributed by atoms with E-state index in [9.17, 15) is 4.79 Å². The fraction of sp³-hybridized carbons (Fsp3) is 0.125. The van der Waals surface area contributed by atoms with Gasteiger partial charge in [-0.15, -0.1) is 0 Å². The van der Waals surface area contributed by atoms with Crippen molar-refractivity contribution in [3.05, 3.63) is 29.9 Å². The van der Waals surface area contributed by atoms with Gasteiger partial charge in [0.2, 0.25) is 0 Å². The molecule has 0 aromatic carbocycles. The highest BCUT2D eigenvalue weighted by atomic mass is 16.4. The molecule has 1 rings (SSSR count). The third kappa shape index (κ3) is 2.49. The Hall–Kier alpha value is -1.71. The van der Waals surface area contributed by atoms with Crippen molar-refractivity contribution in [3.8, 4) is 0 Å². The number of carboxylic acids is 1. The SMILES string of the molecule is Cc1ccnc(C=CC(=O)O)n1. The zero-order chi connectivity index (χ0) is 8.97. The van der Waals surface area contributed by atoms with Crippen molar-refractivity contribution in [1.29, 1.82) is 0 Å². The number of carboxylic acid groups (broad SMARTS) is 1. The largest absolute Gasteiger partial charge is 0.478 e. The third-order valence-corrected chi connectivity index (χ3v) is 1.19. The summed E-state index contributed by atoms with van der Waals surface area (Å²) in [6.07, 6.45) is 3.95. The van der Waals surface area contributed by atoms with Gasteiger partial charge in [-0.2, -0.15) is 0 Å². The molecule has 1 N–H and O–H groups in total. The Labute approximate surface area is 69.6 Å². The molecule has 4 heteroatoms. The van der Waals surface area contributed by atoms with Crippen molar-refractivity contribution < 1.29 is 9.90 Å². The number of rotatable bonds is 2. The van der Waals surface area contributed by atoms with Crippen LogP contribution in [0.15, 0.2) is 18.3 Å². The zero-order valence-corrected chi connectivity index (χ0v) is 6.56. The fourth-order valence-electron chi connectivity index (χ4n) is 0.694. The number of carbonyl (C=O) groups is 1. The summed E-state index contributed by atoms with van der Waals surface area (Å²) >= 11 is 0. The summed E-state index contributed by atoms with van der Waals surface area (Å²) in [5.41, 5.74) is 0.815. The molecular weight excluding hydrogens is 156 g/mol. The Bertz CT molecular complexity index is 321. The van der Waals surface area contributed by atoms with E-state index < -0.39 is 5.97 Å². The van der Waals surface area contributed by atoms with E-state index in [1.54, 1.807) is 12.3 Å². The van der Waals surface area contributed by atoms with Crippen LogP contribution >= 0.6 is 0 Å². The van der Waals surface area contributed by atoms with E-state index in [0.29, 0.717) is 5.82 Å². The van der Waals surface area contributed by atoms with E-state index in [1.165, 1.54) is 6.08 Å². The molecule has 0 atom stereocenters. The van der Waals surface area contributed by atoms with E-state index >= 15 is 0 Å². The van der Waals surface area contributed by atoms with Gasteiger partial charge in [0.05, 0.1) is 0 Å². The van der Waals surface area contributed by atoms with Gasteiger partial charge in [0.25, 0.3) is 0 Å². The van der Waals surface area contributed by atoms with Gasteiger partial charge in [-0.1, -0.05) is 0 Å². The van der Waals surface area contributed by atoms with Gasteiger partial charge in [-0.3, -0.25) is 0 Å². The highest BCUT2D eigenvalue weighted by molar-refractivity contribution is 5.84. The zero-order valence-electron chi connectivity index (χ0n) is 6.56. The molecule has 1 aromatic heterocycles. The highest BCUT2D eigenvalue weighted by Crippen LogP contribution is 1.95. The average molecular weight is 164 g/mol. The van der Waals surface area contributed by atoms with Crippen LogP contribution in [0.25, 0.3) is 6.08 Å².